The summed E-state index contributed by atoms with van der Waals surface area (Å²) in [5, 5.41) is 10.1. The molecule has 0 aliphatic heterocycles. The smallest absolute Gasteiger partial charge is 0.120 e. The molecule has 1 aromatic rings. The predicted molar refractivity (Wildman–Crippen MR) is 83.4 cm³/mol. The molecule has 0 radical (unpaired) electrons. The lowest BCUT2D eigenvalue weighted by Crippen LogP contribution is -2.39. The Labute approximate surface area is 127 Å². The molecule has 19 heavy (non-hydrogen) atoms. The Kier molecular flexibility index (Phi) is 5.97. The first-order valence-electron chi connectivity index (χ1n) is 6.66. The maximum absolute atomic E-state index is 10.1. The molecule has 0 spiro atoms. The van der Waals surface area contributed by atoms with Crippen molar-refractivity contribution in [2.45, 2.75) is 30.6 Å². The minimum Gasteiger partial charge on any atom is -0.508 e. The summed E-state index contributed by atoms with van der Waals surface area (Å²) in [6.07, 6.45) is 4.46. The van der Waals surface area contributed by atoms with Crippen molar-refractivity contribution < 1.29 is 5.11 Å². The maximum atomic E-state index is 10.1. The third kappa shape index (κ3) is 3.56. The molecular formula is C15H23Cl2NO. The molecule has 0 bridgehead atoms. The Morgan fingerprint density at radius 2 is 2.00 bits per heavy atom. The molecule has 0 heterocycles. The quantitative estimate of drug-likeness (QED) is 0.853. The minimum atomic E-state index is -0.409. The van der Waals surface area contributed by atoms with Gasteiger partial charge in [-0.25, -0.2) is 0 Å². The minimum absolute atomic E-state index is 0. The van der Waals surface area contributed by atoms with Crippen molar-refractivity contribution in [2.75, 3.05) is 20.6 Å². The SMILES string of the molecule is CN(C)C[C@@H]1CCCC[C@@]1(Cl)c1ccccc1O.Cl. The molecule has 0 aromatic heterocycles. The Bertz CT molecular complexity index is 411. The Morgan fingerprint density at radius 3 is 2.63 bits per heavy atom. The first-order valence-corrected chi connectivity index (χ1v) is 7.04. The van der Waals surface area contributed by atoms with Crippen LogP contribution in [0.5, 0.6) is 5.75 Å². The van der Waals surface area contributed by atoms with Crippen molar-refractivity contribution in [3.63, 3.8) is 0 Å². The van der Waals surface area contributed by atoms with Crippen LogP contribution in [0.25, 0.3) is 0 Å². The number of benzene rings is 1. The van der Waals surface area contributed by atoms with Gasteiger partial charge in [0.05, 0.1) is 4.87 Å². The highest BCUT2D eigenvalue weighted by molar-refractivity contribution is 6.24. The normalized spacial score (nSPS) is 27.1. The lowest BCUT2D eigenvalue weighted by atomic mass is 9.74. The molecule has 1 fully saturated rings. The molecule has 0 unspecified atom stereocenters. The molecule has 2 nitrogen and oxygen atoms in total. The van der Waals surface area contributed by atoms with Gasteiger partial charge in [-0.1, -0.05) is 31.0 Å². The molecular weight excluding hydrogens is 281 g/mol. The van der Waals surface area contributed by atoms with E-state index < -0.39 is 4.87 Å². The van der Waals surface area contributed by atoms with E-state index in [1.165, 1.54) is 6.42 Å². The summed E-state index contributed by atoms with van der Waals surface area (Å²) in [5.41, 5.74) is 0.901. The van der Waals surface area contributed by atoms with E-state index in [0.29, 0.717) is 11.7 Å². The summed E-state index contributed by atoms with van der Waals surface area (Å²) < 4.78 is 0. The van der Waals surface area contributed by atoms with E-state index in [2.05, 4.69) is 19.0 Å². The summed E-state index contributed by atoms with van der Waals surface area (Å²) in [7, 11) is 4.16. The number of aromatic hydroxyl groups is 1. The number of halogens is 2. The molecule has 1 aromatic carbocycles. The molecule has 108 valence electrons. The van der Waals surface area contributed by atoms with E-state index in [1.807, 2.05) is 18.2 Å². The van der Waals surface area contributed by atoms with Gasteiger partial charge in [0.15, 0.2) is 0 Å². The van der Waals surface area contributed by atoms with Crippen LogP contribution in [-0.4, -0.2) is 30.6 Å². The fourth-order valence-electron chi connectivity index (χ4n) is 3.06. The van der Waals surface area contributed by atoms with Gasteiger partial charge in [0.2, 0.25) is 0 Å². The topological polar surface area (TPSA) is 23.5 Å². The van der Waals surface area contributed by atoms with Gasteiger partial charge in [-0.2, -0.15) is 0 Å². The number of hydrogen-bond acceptors (Lipinski definition) is 2. The maximum Gasteiger partial charge on any atom is 0.120 e. The Balaban J connectivity index is 0.00000180. The number of rotatable bonds is 3. The molecule has 0 amide bonds. The second-order valence-electron chi connectivity index (χ2n) is 5.58. The van der Waals surface area contributed by atoms with Gasteiger partial charge in [0.25, 0.3) is 0 Å². The third-order valence-electron chi connectivity index (χ3n) is 3.93. The van der Waals surface area contributed by atoms with Crippen molar-refractivity contribution in [3.8, 4) is 5.75 Å². The van der Waals surface area contributed by atoms with Crippen LogP contribution < -0.4 is 0 Å². The van der Waals surface area contributed by atoms with Crippen LogP contribution in [0, 0.1) is 5.92 Å². The van der Waals surface area contributed by atoms with E-state index in [0.717, 1.165) is 31.4 Å². The summed E-state index contributed by atoms with van der Waals surface area (Å²) in [6, 6.07) is 7.51. The van der Waals surface area contributed by atoms with Crippen molar-refractivity contribution in [1.82, 2.24) is 4.90 Å². The highest BCUT2D eigenvalue weighted by atomic mass is 35.5. The Morgan fingerprint density at radius 1 is 1.32 bits per heavy atom. The summed E-state index contributed by atoms with van der Waals surface area (Å²) in [4.78, 5) is 1.78. The fourth-order valence-corrected chi connectivity index (χ4v) is 3.53. The third-order valence-corrected chi connectivity index (χ3v) is 4.63. The van der Waals surface area contributed by atoms with Crippen LogP contribution in [0.4, 0.5) is 0 Å². The first-order chi connectivity index (χ1) is 8.54. The Hall–Kier alpha value is -0.440. The van der Waals surface area contributed by atoms with E-state index in [1.54, 1.807) is 6.07 Å². The second kappa shape index (κ2) is 6.83. The van der Waals surface area contributed by atoms with Gasteiger partial charge in [-0.3, -0.25) is 0 Å². The average Bonchev–Trinajstić information content (AvgIpc) is 2.32. The van der Waals surface area contributed by atoms with Crippen LogP contribution in [0.2, 0.25) is 0 Å². The number of phenols is 1. The molecule has 4 heteroatoms. The van der Waals surface area contributed by atoms with E-state index >= 15 is 0 Å². The van der Waals surface area contributed by atoms with Crippen LogP contribution in [0.1, 0.15) is 31.2 Å². The molecule has 0 saturated heterocycles. The zero-order valence-corrected chi connectivity index (χ0v) is 13.2. The van der Waals surface area contributed by atoms with Crippen molar-refractivity contribution in [2.24, 2.45) is 5.92 Å². The lowest BCUT2D eigenvalue weighted by Gasteiger charge is -2.41. The monoisotopic (exact) mass is 303 g/mol. The standard InChI is InChI=1S/C15H22ClNO.ClH/c1-17(2)11-12-7-5-6-10-15(12,16)13-8-3-4-9-14(13)18;/h3-4,8-9,12,18H,5-7,10-11H2,1-2H3;1H/t12-,15-;/m0./s1. The van der Waals surface area contributed by atoms with Crippen molar-refractivity contribution >= 4 is 24.0 Å². The highest BCUT2D eigenvalue weighted by Gasteiger charge is 2.42. The van der Waals surface area contributed by atoms with E-state index in [4.69, 9.17) is 11.6 Å². The number of hydrogen-bond donors (Lipinski definition) is 1. The number of alkyl halides is 1. The fraction of sp³-hybridized carbons (Fsp3) is 0.600. The molecule has 1 aliphatic rings. The predicted octanol–water partition coefficient (Wildman–Crippen LogP) is 4.00. The van der Waals surface area contributed by atoms with Gasteiger partial charge >= 0.3 is 0 Å². The van der Waals surface area contributed by atoms with Crippen LogP contribution in [0.15, 0.2) is 24.3 Å². The number of para-hydroxylation sites is 1. The highest BCUT2D eigenvalue weighted by Crippen LogP contribution is 2.49. The van der Waals surface area contributed by atoms with Gasteiger partial charge in [0.1, 0.15) is 5.75 Å². The van der Waals surface area contributed by atoms with Crippen LogP contribution in [0.3, 0.4) is 0 Å². The number of nitrogens with zero attached hydrogens (tertiary/aromatic N) is 1. The van der Waals surface area contributed by atoms with Crippen molar-refractivity contribution in [3.05, 3.63) is 29.8 Å². The summed E-state index contributed by atoms with van der Waals surface area (Å²) in [5.74, 6) is 0.731. The molecule has 1 saturated carbocycles. The van der Waals surface area contributed by atoms with Gasteiger partial charge < -0.3 is 10.0 Å². The summed E-state index contributed by atoms with van der Waals surface area (Å²) >= 11 is 6.93. The zero-order chi connectivity index (χ0) is 13.2. The summed E-state index contributed by atoms with van der Waals surface area (Å²) in [6.45, 7) is 0.970. The van der Waals surface area contributed by atoms with Gasteiger partial charge in [-0.15, -0.1) is 24.0 Å². The molecule has 2 atom stereocenters. The van der Waals surface area contributed by atoms with Gasteiger partial charge in [0, 0.05) is 12.1 Å². The number of phenolic OH excluding ortho intramolecular Hbond substituents is 1. The molecule has 1 N–H and O–H groups in total. The first kappa shape index (κ1) is 16.6. The zero-order valence-electron chi connectivity index (χ0n) is 11.6. The average molecular weight is 304 g/mol. The largest absolute Gasteiger partial charge is 0.508 e. The van der Waals surface area contributed by atoms with Crippen molar-refractivity contribution in [1.29, 1.82) is 0 Å². The van der Waals surface area contributed by atoms with Crippen LogP contribution in [-0.2, 0) is 4.87 Å². The molecule has 1 aliphatic carbocycles. The lowest BCUT2D eigenvalue weighted by molar-refractivity contribution is 0.204. The van der Waals surface area contributed by atoms with Crippen LogP contribution >= 0.6 is 24.0 Å². The van der Waals surface area contributed by atoms with Gasteiger partial charge in [-0.05, 0) is 38.9 Å². The second-order valence-corrected chi connectivity index (χ2v) is 6.26. The van der Waals surface area contributed by atoms with E-state index in [-0.39, 0.29) is 12.4 Å². The van der Waals surface area contributed by atoms with E-state index in [9.17, 15) is 5.11 Å². The molecule has 2 rings (SSSR count).